The maximum absolute atomic E-state index is 6.10. The summed E-state index contributed by atoms with van der Waals surface area (Å²) in [5.74, 6) is 2.29. The van der Waals surface area contributed by atoms with Gasteiger partial charge in [-0.15, -0.1) is 11.6 Å². The fourth-order valence-corrected chi connectivity index (χ4v) is 4.39. The molecule has 0 amide bonds. The topological polar surface area (TPSA) is 29.9 Å². The summed E-state index contributed by atoms with van der Waals surface area (Å²) in [7, 11) is 0. The van der Waals surface area contributed by atoms with Gasteiger partial charge in [-0.05, 0) is 50.1 Å². The highest BCUT2D eigenvalue weighted by Gasteiger charge is 2.24. The quantitative estimate of drug-likeness (QED) is 0.801. The van der Waals surface area contributed by atoms with Crippen LogP contribution in [-0.2, 0) is 6.54 Å². The lowest BCUT2D eigenvalue weighted by atomic mass is 9.80. The van der Waals surface area contributed by atoms with Gasteiger partial charge < -0.3 is 5.32 Å². The van der Waals surface area contributed by atoms with Gasteiger partial charge in [0.1, 0.15) is 0 Å². The van der Waals surface area contributed by atoms with Gasteiger partial charge in [0.15, 0.2) is 0 Å². The van der Waals surface area contributed by atoms with Crippen molar-refractivity contribution in [1.82, 2.24) is 15.1 Å². The lowest BCUT2D eigenvalue weighted by Crippen LogP contribution is -2.31. The predicted octanol–water partition coefficient (Wildman–Crippen LogP) is 4.13. The Morgan fingerprint density at radius 2 is 1.81 bits per heavy atom. The molecule has 2 aliphatic carbocycles. The Morgan fingerprint density at radius 3 is 2.57 bits per heavy atom. The first-order valence-corrected chi connectivity index (χ1v) is 9.21. The Hall–Kier alpha value is -0.540. The van der Waals surface area contributed by atoms with E-state index in [1.807, 2.05) is 0 Å². The van der Waals surface area contributed by atoms with Crippen LogP contribution in [0, 0.1) is 11.8 Å². The van der Waals surface area contributed by atoms with Crippen molar-refractivity contribution in [3.63, 3.8) is 0 Å². The number of halogens is 1. The van der Waals surface area contributed by atoms with Crippen molar-refractivity contribution < 1.29 is 0 Å². The second-order valence-corrected chi connectivity index (χ2v) is 7.12. The molecule has 1 N–H and O–H groups in total. The number of hydrogen-bond acceptors (Lipinski definition) is 2. The minimum atomic E-state index is 0.651. The third-order valence-electron chi connectivity index (χ3n) is 5.34. The molecule has 0 spiro atoms. The lowest BCUT2D eigenvalue weighted by molar-refractivity contribution is 0.250. The summed E-state index contributed by atoms with van der Waals surface area (Å²) in [5, 5.41) is 8.35. The monoisotopic (exact) mass is 309 g/mol. The van der Waals surface area contributed by atoms with Crippen LogP contribution in [0.4, 0.5) is 0 Å². The number of hydrogen-bond donors (Lipinski definition) is 1. The standard InChI is InChI=1S/C17H28ClN3/c18-11-14-5-1-2-6-15(14)12-19-13-16-9-10-21(20-16)17-7-3-4-8-17/h9-10,14-15,17,19H,1-8,11-13H2. The van der Waals surface area contributed by atoms with E-state index in [1.165, 1.54) is 57.1 Å². The van der Waals surface area contributed by atoms with Gasteiger partial charge in [0.05, 0.1) is 11.7 Å². The van der Waals surface area contributed by atoms with E-state index < -0.39 is 0 Å². The molecule has 2 unspecified atom stereocenters. The molecule has 3 nitrogen and oxygen atoms in total. The SMILES string of the molecule is ClCC1CCCCC1CNCc1ccn(C2CCCC2)n1. The Kier molecular flexibility index (Phi) is 5.59. The number of alkyl halides is 1. The molecule has 1 aromatic rings. The third-order valence-corrected chi connectivity index (χ3v) is 5.74. The summed E-state index contributed by atoms with van der Waals surface area (Å²) in [4.78, 5) is 0. The maximum Gasteiger partial charge on any atom is 0.0762 e. The van der Waals surface area contributed by atoms with E-state index >= 15 is 0 Å². The summed E-state index contributed by atoms with van der Waals surface area (Å²) < 4.78 is 2.19. The van der Waals surface area contributed by atoms with Crippen LogP contribution in [0.15, 0.2) is 12.3 Å². The molecule has 21 heavy (non-hydrogen) atoms. The van der Waals surface area contributed by atoms with Gasteiger partial charge in [-0.1, -0.05) is 25.7 Å². The van der Waals surface area contributed by atoms with E-state index in [0.717, 1.165) is 24.9 Å². The van der Waals surface area contributed by atoms with Crippen LogP contribution in [0.5, 0.6) is 0 Å². The summed E-state index contributed by atoms with van der Waals surface area (Å²) in [5.41, 5.74) is 1.18. The Balaban J connectivity index is 1.44. The van der Waals surface area contributed by atoms with Crippen LogP contribution in [-0.4, -0.2) is 22.2 Å². The molecule has 1 heterocycles. The van der Waals surface area contributed by atoms with Crippen LogP contribution in [0.1, 0.15) is 63.1 Å². The van der Waals surface area contributed by atoms with Gasteiger partial charge in [0.2, 0.25) is 0 Å². The van der Waals surface area contributed by atoms with Gasteiger partial charge in [0.25, 0.3) is 0 Å². The molecule has 2 fully saturated rings. The zero-order valence-corrected chi connectivity index (χ0v) is 13.7. The zero-order chi connectivity index (χ0) is 14.5. The molecular formula is C17H28ClN3. The molecule has 118 valence electrons. The summed E-state index contributed by atoms with van der Waals surface area (Å²) in [6.45, 7) is 1.99. The number of nitrogens with one attached hydrogen (secondary N) is 1. The van der Waals surface area contributed by atoms with Gasteiger partial charge in [-0.3, -0.25) is 4.68 Å². The van der Waals surface area contributed by atoms with Crippen LogP contribution < -0.4 is 5.32 Å². The first kappa shape index (κ1) is 15.4. The second-order valence-electron chi connectivity index (χ2n) is 6.82. The van der Waals surface area contributed by atoms with Gasteiger partial charge >= 0.3 is 0 Å². The lowest BCUT2D eigenvalue weighted by Gasteiger charge is -2.30. The van der Waals surface area contributed by atoms with Crippen LogP contribution in [0.25, 0.3) is 0 Å². The van der Waals surface area contributed by atoms with Crippen LogP contribution in [0.2, 0.25) is 0 Å². The first-order valence-electron chi connectivity index (χ1n) is 8.67. The second kappa shape index (κ2) is 7.64. The van der Waals surface area contributed by atoms with Crippen molar-refractivity contribution >= 4 is 11.6 Å². The minimum absolute atomic E-state index is 0.651. The first-order chi connectivity index (χ1) is 10.4. The van der Waals surface area contributed by atoms with Crippen LogP contribution >= 0.6 is 11.6 Å². The number of nitrogens with zero attached hydrogens (tertiary/aromatic N) is 2. The van der Waals surface area contributed by atoms with E-state index in [1.54, 1.807) is 0 Å². The average Bonchev–Trinajstić information content (AvgIpc) is 3.18. The van der Waals surface area contributed by atoms with Crippen molar-refractivity contribution in [1.29, 1.82) is 0 Å². The highest BCUT2D eigenvalue weighted by molar-refractivity contribution is 6.18. The van der Waals surface area contributed by atoms with Gasteiger partial charge in [0, 0.05) is 18.6 Å². The van der Waals surface area contributed by atoms with E-state index in [-0.39, 0.29) is 0 Å². The van der Waals surface area contributed by atoms with Crippen LogP contribution in [0.3, 0.4) is 0 Å². The largest absolute Gasteiger partial charge is 0.311 e. The Labute approximate surface area is 133 Å². The van der Waals surface area contributed by atoms with E-state index in [0.29, 0.717) is 12.0 Å². The Morgan fingerprint density at radius 1 is 1.10 bits per heavy atom. The predicted molar refractivity (Wildman–Crippen MR) is 87.6 cm³/mol. The number of rotatable bonds is 6. The van der Waals surface area contributed by atoms with Crippen molar-refractivity contribution in [3.8, 4) is 0 Å². The van der Waals surface area contributed by atoms with Gasteiger partial charge in [-0.2, -0.15) is 5.10 Å². The smallest absolute Gasteiger partial charge is 0.0762 e. The molecule has 0 bridgehead atoms. The Bertz CT molecular complexity index is 425. The summed E-state index contributed by atoms with van der Waals surface area (Å²) >= 11 is 6.10. The fraction of sp³-hybridized carbons (Fsp3) is 0.824. The molecule has 4 heteroatoms. The summed E-state index contributed by atoms with van der Waals surface area (Å²) in [6.07, 6.45) is 12.9. The zero-order valence-electron chi connectivity index (χ0n) is 12.9. The highest BCUT2D eigenvalue weighted by Crippen LogP contribution is 2.30. The highest BCUT2D eigenvalue weighted by atomic mass is 35.5. The molecule has 0 saturated heterocycles. The molecule has 2 atom stereocenters. The van der Waals surface area contributed by atoms with Crippen molar-refractivity contribution in [2.75, 3.05) is 12.4 Å². The molecular weight excluding hydrogens is 282 g/mol. The molecule has 2 aliphatic rings. The number of aromatic nitrogens is 2. The molecule has 1 aromatic heterocycles. The third kappa shape index (κ3) is 4.01. The average molecular weight is 310 g/mol. The fourth-order valence-electron chi connectivity index (χ4n) is 3.99. The molecule has 2 saturated carbocycles. The van der Waals surface area contributed by atoms with Crippen molar-refractivity contribution in [2.24, 2.45) is 11.8 Å². The van der Waals surface area contributed by atoms with E-state index in [9.17, 15) is 0 Å². The van der Waals surface area contributed by atoms with Gasteiger partial charge in [-0.25, -0.2) is 0 Å². The van der Waals surface area contributed by atoms with Crippen molar-refractivity contribution in [3.05, 3.63) is 18.0 Å². The van der Waals surface area contributed by atoms with E-state index in [2.05, 4.69) is 22.3 Å². The van der Waals surface area contributed by atoms with E-state index in [4.69, 9.17) is 16.7 Å². The maximum atomic E-state index is 6.10. The molecule has 3 rings (SSSR count). The minimum Gasteiger partial charge on any atom is -0.311 e. The van der Waals surface area contributed by atoms with Crippen molar-refractivity contribution in [2.45, 2.75) is 64.0 Å². The molecule has 0 aliphatic heterocycles. The normalized spacial score (nSPS) is 27.3. The molecule has 0 aromatic carbocycles. The molecule has 0 radical (unpaired) electrons. The summed E-state index contributed by atoms with van der Waals surface area (Å²) in [6, 6.07) is 2.82.